The van der Waals surface area contributed by atoms with Crippen molar-refractivity contribution >= 4 is 0 Å². The number of hydrogen-bond donors (Lipinski definition) is 0. The summed E-state index contributed by atoms with van der Waals surface area (Å²) >= 11 is 1.58. The fraction of sp³-hybridized carbons (Fsp3) is 0.385. The molecule has 0 aromatic heterocycles. The third-order valence-corrected chi connectivity index (χ3v) is 5.09. The molecular weight excluding hydrogens is 247 g/mol. The van der Waals surface area contributed by atoms with Crippen LogP contribution in [-0.2, 0) is 24.7 Å². The van der Waals surface area contributed by atoms with Gasteiger partial charge in [0.1, 0.15) is 0 Å². The van der Waals surface area contributed by atoms with Crippen LogP contribution in [0.2, 0.25) is 0 Å². The van der Waals surface area contributed by atoms with Gasteiger partial charge in [-0.2, -0.15) is 0 Å². The van der Waals surface area contributed by atoms with Crippen LogP contribution >= 0.6 is 0 Å². The van der Waals surface area contributed by atoms with Crippen molar-refractivity contribution in [2.45, 2.75) is 27.2 Å². The van der Waals surface area contributed by atoms with Crippen molar-refractivity contribution < 1.29 is 27.6 Å². The summed E-state index contributed by atoms with van der Waals surface area (Å²) in [6.45, 7) is 6.89. The van der Waals surface area contributed by atoms with E-state index in [-0.39, 0.29) is 2.85 Å². The molecule has 73 valence electrons. The molecule has 2 aliphatic rings. The summed E-state index contributed by atoms with van der Waals surface area (Å²) < 4.78 is 1.64. The summed E-state index contributed by atoms with van der Waals surface area (Å²) in [6, 6.07) is 0. The predicted octanol–water partition coefficient (Wildman–Crippen LogP) is 3.88. The van der Waals surface area contributed by atoms with E-state index in [9.17, 15) is 0 Å². The Balaban J connectivity index is 0.00000112. The monoisotopic (exact) mass is 263 g/mol. The molecule has 0 bridgehead atoms. The third kappa shape index (κ3) is 1.46. The Bertz CT molecular complexity index is 400. The minimum atomic E-state index is 0. The first kappa shape index (κ1) is 10.4. The molecule has 0 amide bonds. The second-order valence-corrected chi connectivity index (χ2v) is 5.47. The molecule has 0 spiro atoms. The minimum absolute atomic E-state index is 0. The van der Waals surface area contributed by atoms with Crippen LogP contribution in [0.3, 0.4) is 0 Å². The number of hydrogen-bond acceptors (Lipinski definition) is 0. The van der Waals surface area contributed by atoms with Gasteiger partial charge >= 0.3 is 102 Å². The van der Waals surface area contributed by atoms with Crippen molar-refractivity contribution in [1.82, 2.24) is 0 Å². The Morgan fingerprint density at radius 1 is 1.43 bits per heavy atom. The maximum atomic E-state index is 2.33. The molecule has 0 aliphatic heterocycles. The Hall–Kier alpha value is -0.157. The van der Waals surface area contributed by atoms with Crippen LogP contribution in [0.15, 0.2) is 43.8 Å². The SMILES string of the molecule is CC1=C(C)C(C)[C]([Zr+2])=C1C1=CC=CC1.[H-].[H-]. The van der Waals surface area contributed by atoms with Crippen LogP contribution in [0.1, 0.15) is 30.0 Å². The first-order chi connectivity index (χ1) is 6.63. The van der Waals surface area contributed by atoms with Gasteiger partial charge in [0.2, 0.25) is 0 Å². The molecule has 1 atom stereocenters. The van der Waals surface area contributed by atoms with E-state index >= 15 is 0 Å². The number of rotatable bonds is 1. The van der Waals surface area contributed by atoms with Crippen molar-refractivity contribution in [3.63, 3.8) is 0 Å². The Morgan fingerprint density at radius 2 is 2.14 bits per heavy atom. The van der Waals surface area contributed by atoms with Crippen molar-refractivity contribution in [2.75, 3.05) is 0 Å². The van der Waals surface area contributed by atoms with Gasteiger partial charge in [0.25, 0.3) is 0 Å². The fourth-order valence-corrected chi connectivity index (χ4v) is 3.59. The predicted molar refractivity (Wildman–Crippen MR) is 58.6 cm³/mol. The van der Waals surface area contributed by atoms with Gasteiger partial charge in [-0.1, -0.05) is 0 Å². The average Bonchev–Trinajstić information content (AvgIpc) is 2.73. The van der Waals surface area contributed by atoms with E-state index in [0.29, 0.717) is 5.92 Å². The van der Waals surface area contributed by atoms with Gasteiger partial charge in [0.05, 0.1) is 0 Å². The van der Waals surface area contributed by atoms with Gasteiger partial charge < -0.3 is 2.85 Å². The van der Waals surface area contributed by atoms with Gasteiger partial charge in [0.15, 0.2) is 0 Å². The van der Waals surface area contributed by atoms with Gasteiger partial charge in [-0.3, -0.25) is 0 Å². The van der Waals surface area contributed by atoms with Gasteiger partial charge in [0, 0.05) is 0 Å². The smallest absolute Gasteiger partial charge is 1.00 e. The third-order valence-electron chi connectivity index (χ3n) is 3.41. The second-order valence-electron chi connectivity index (χ2n) is 4.14. The molecule has 0 N–H and O–H groups in total. The minimum Gasteiger partial charge on any atom is -1.00 e. The second kappa shape index (κ2) is 3.78. The maximum absolute atomic E-state index is 2.33. The molecule has 2 aliphatic carbocycles. The first-order valence-corrected chi connectivity index (χ1v) is 6.35. The van der Waals surface area contributed by atoms with E-state index in [2.05, 4.69) is 39.0 Å². The van der Waals surface area contributed by atoms with Crippen molar-refractivity contribution in [3.05, 3.63) is 43.8 Å². The molecule has 0 radical (unpaired) electrons. The zero-order valence-electron chi connectivity index (χ0n) is 11.0. The molecule has 1 heteroatoms. The Kier molecular flexibility index (Phi) is 2.79. The largest absolute Gasteiger partial charge is 1.00 e. The van der Waals surface area contributed by atoms with Gasteiger partial charge in [-0.15, -0.1) is 0 Å². The molecule has 0 heterocycles. The molecule has 1 unspecified atom stereocenters. The fourth-order valence-electron chi connectivity index (χ4n) is 2.20. The van der Waals surface area contributed by atoms with Crippen LogP contribution in [0.5, 0.6) is 0 Å². The Labute approximate surface area is 104 Å². The molecule has 0 aromatic carbocycles. The van der Waals surface area contributed by atoms with Crippen LogP contribution < -0.4 is 0 Å². The topological polar surface area (TPSA) is 0 Å². The zero-order chi connectivity index (χ0) is 10.3. The summed E-state index contributed by atoms with van der Waals surface area (Å²) in [5.74, 6) is 0.685. The van der Waals surface area contributed by atoms with Crippen molar-refractivity contribution in [3.8, 4) is 0 Å². The molecule has 14 heavy (non-hydrogen) atoms. The molecule has 2 rings (SSSR count). The molecule has 0 saturated carbocycles. The average molecular weight is 265 g/mol. The summed E-state index contributed by atoms with van der Waals surface area (Å²) in [5.41, 5.74) is 6.19. The normalized spacial score (nSPS) is 26.6. The summed E-state index contributed by atoms with van der Waals surface area (Å²) in [4.78, 5) is 0. The zero-order valence-corrected chi connectivity index (χ0v) is 11.5. The molecule has 0 aromatic rings. The van der Waals surface area contributed by atoms with E-state index in [4.69, 9.17) is 0 Å². The summed E-state index contributed by atoms with van der Waals surface area (Å²) in [5, 5.41) is 0. The van der Waals surface area contributed by atoms with E-state index in [1.54, 1.807) is 39.1 Å². The van der Waals surface area contributed by atoms with Gasteiger partial charge in [-0.05, 0) is 0 Å². The van der Waals surface area contributed by atoms with Gasteiger partial charge in [-0.25, -0.2) is 0 Å². The standard InChI is InChI=1S/C13H15.Zr.2H/c1-9-8-13(11(3)10(9)2)12-6-4-5-7-12;;;/h4-6,9H,7H2,1-3H3;;;/q;+2;2*-1. The first-order valence-electron chi connectivity index (χ1n) is 5.12. The molecule has 0 saturated heterocycles. The quantitative estimate of drug-likeness (QED) is 0.674. The summed E-state index contributed by atoms with van der Waals surface area (Å²) in [6.07, 6.45) is 7.83. The van der Waals surface area contributed by atoms with Crippen molar-refractivity contribution in [2.24, 2.45) is 5.92 Å². The number of allylic oxidation sites excluding steroid dienone is 8. The van der Waals surface area contributed by atoms with Crippen LogP contribution in [-0.4, -0.2) is 0 Å². The molecule has 0 nitrogen and oxygen atoms in total. The summed E-state index contributed by atoms with van der Waals surface area (Å²) in [7, 11) is 0. The van der Waals surface area contributed by atoms with Crippen LogP contribution in [0, 0.1) is 5.92 Å². The Morgan fingerprint density at radius 3 is 2.57 bits per heavy atom. The van der Waals surface area contributed by atoms with Crippen LogP contribution in [0.25, 0.3) is 0 Å². The van der Waals surface area contributed by atoms with Crippen molar-refractivity contribution in [1.29, 1.82) is 0 Å². The molecule has 0 fully saturated rings. The van der Waals surface area contributed by atoms with E-state index in [1.165, 1.54) is 11.1 Å². The van der Waals surface area contributed by atoms with E-state index in [1.807, 2.05) is 0 Å². The van der Waals surface area contributed by atoms with E-state index < -0.39 is 0 Å². The van der Waals surface area contributed by atoms with Crippen LogP contribution in [0.4, 0.5) is 0 Å². The molecular formula is C13H17Zr. The van der Waals surface area contributed by atoms with E-state index in [0.717, 1.165) is 6.42 Å². The maximum Gasteiger partial charge on any atom is -1.00 e.